The summed E-state index contributed by atoms with van der Waals surface area (Å²) in [7, 11) is 0. The van der Waals surface area contributed by atoms with E-state index in [0.29, 0.717) is 46.2 Å². The molecule has 0 aliphatic heterocycles. The Balaban J connectivity index is 1.72. The molecule has 0 bridgehead atoms. The first kappa shape index (κ1) is 23.1. The van der Waals surface area contributed by atoms with Gasteiger partial charge in [0.05, 0.1) is 28.2 Å². The Labute approximate surface area is 198 Å². The minimum Gasteiger partial charge on any atom is -0.331 e. The third kappa shape index (κ3) is 4.94. The van der Waals surface area contributed by atoms with Crippen LogP contribution >= 0.6 is 23.2 Å². The van der Waals surface area contributed by atoms with E-state index < -0.39 is 0 Å². The van der Waals surface area contributed by atoms with Gasteiger partial charge in [0, 0.05) is 23.7 Å². The summed E-state index contributed by atoms with van der Waals surface area (Å²) in [5, 5.41) is 0.828. The summed E-state index contributed by atoms with van der Waals surface area (Å²) in [6.45, 7) is 5.19. The number of amides is 1. The third-order valence-electron chi connectivity index (χ3n) is 6.17. The van der Waals surface area contributed by atoms with Gasteiger partial charge in [0.2, 0.25) is 0 Å². The zero-order valence-electron chi connectivity index (χ0n) is 18.5. The number of benzene rings is 2. The summed E-state index contributed by atoms with van der Waals surface area (Å²) in [5.74, 6) is 0.776. The third-order valence-corrected chi connectivity index (χ3v) is 6.72. The van der Waals surface area contributed by atoms with Crippen molar-refractivity contribution < 1.29 is 9.18 Å². The molecule has 1 fully saturated rings. The second kappa shape index (κ2) is 9.80. The molecule has 4 rings (SSSR count). The minimum absolute atomic E-state index is 0.150. The first-order valence-corrected chi connectivity index (χ1v) is 12.0. The van der Waals surface area contributed by atoms with E-state index in [2.05, 4.69) is 18.4 Å². The second-order valence-electron chi connectivity index (χ2n) is 9.00. The number of carbonyl (C=O) groups is 1. The van der Waals surface area contributed by atoms with Crippen molar-refractivity contribution in [1.29, 1.82) is 0 Å². The lowest BCUT2D eigenvalue weighted by molar-refractivity contribution is 0.0728. The van der Waals surface area contributed by atoms with E-state index >= 15 is 0 Å². The van der Waals surface area contributed by atoms with Gasteiger partial charge in [0.15, 0.2) is 0 Å². The van der Waals surface area contributed by atoms with Crippen LogP contribution < -0.4 is 0 Å². The molecule has 1 heterocycles. The van der Waals surface area contributed by atoms with Gasteiger partial charge in [-0.3, -0.25) is 4.79 Å². The van der Waals surface area contributed by atoms with Crippen LogP contribution in [0.25, 0.3) is 11.0 Å². The van der Waals surface area contributed by atoms with Crippen molar-refractivity contribution in [2.45, 2.75) is 58.5 Å². The fourth-order valence-electron chi connectivity index (χ4n) is 4.47. The minimum atomic E-state index is -0.305. The quantitative estimate of drug-likeness (QED) is 0.359. The Hall–Kier alpha value is -2.11. The van der Waals surface area contributed by atoms with Crippen molar-refractivity contribution >= 4 is 40.1 Å². The zero-order valence-corrected chi connectivity index (χ0v) is 20.0. The van der Waals surface area contributed by atoms with E-state index in [0.717, 1.165) is 30.6 Å². The Bertz CT molecular complexity index is 1120. The van der Waals surface area contributed by atoms with Gasteiger partial charge in [-0.05, 0) is 55.5 Å². The molecule has 32 heavy (non-hydrogen) atoms. The van der Waals surface area contributed by atoms with Crippen LogP contribution in [-0.4, -0.2) is 26.9 Å². The Kier molecular flexibility index (Phi) is 7.06. The van der Waals surface area contributed by atoms with Gasteiger partial charge in [-0.25, -0.2) is 9.37 Å². The van der Waals surface area contributed by atoms with Crippen LogP contribution in [0.15, 0.2) is 36.4 Å². The van der Waals surface area contributed by atoms with E-state index in [9.17, 15) is 9.18 Å². The van der Waals surface area contributed by atoms with Crippen molar-refractivity contribution in [3.8, 4) is 0 Å². The Morgan fingerprint density at radius 1 is 1.19 bits per heavy atom. The number of carbonyl (C=O) groups excluding carboxylic acids is 1. The molecule has 0 N–H and O–H groups in total. The predicted octanol–water partition coefficient (Wildman–Crippen LogP) is 7.29. The van der Waals surface area contributed by atoms with Gasteiger partial charge in [0.1, 0.15) is 11.6 Å². The maximum atomic E-state index is 13.9. The highest BCUT2D eigenvalue weighted by molar-refractivity contribution is 6.36. The molecular weight excluding hydrogens is 448 g/mol. The summed E-state index contributed by atoms with van der Waals surface area (Å²) in [4.78, 5) is 20.1. The van der Waals surface area contributed by atoms with E-state index in [1.54, 1.807) is 29.2 Å². The van der Waals surface area contributed by atoms with Crippen molar-refractivity contribution in [3.05, 3.63) is 63.6 Å². The van der Waals surface area contributed by atoms with Gasteiger partial charge in [-0.1, -0.05) is 49.9 Å². The molecule has 0 atom stereocenters. The normalized spacial score (nSPS) is 14.6. The molecule has 1 aliphatic carbocycles. The van der Waals surface area contributed by atoms with Gasteiger partial charge >= 0.3 is 0 Å². The van der Waals surface area contributed by atoms with Crippen LogP contribution in [0.5, 0.6) is 0 Å². The summed E-state index contributed by atoms with van der Waals surface area (Å²) in [6.07, 6.45) is 5.33. The van der Waals surface area contributed by atoms with Gasteiger partial charge in [-0.2, -0.15) is 0 Å². The van der Waals surface area contributed by atoms with E-state index in [4.69, 9.17) is 28.2 Å². The van der Waals surface area contributed by atoms with E-state index in [-0.39, 0.29) is 11.7 Å². The number of fused-ring (bicyclic) bond motifs is 1. The fraction of sp³-hybridized carbons (Fsp3) is 0.440. The predicted molar refractivity (Wildman–Crippen MR) is 128 cm³/mol. The molecule has 7 heteroatoms. The molecule has 1 aromatic heterocycles. The summed E-state index contributed by atoms with van der Waals surface area (Å²) in [5.41, 5.74) is 1.98. The molecule has 0 spiro atoms. The van der Waals surface area contributed by atoms with Crippen LogP contribution in [0, 0.1) is 11.7 Å². The fourth-order valence-corrected chi connectivity index (χ4v) is 4.96. The number of nitrogens with zero attached hydrogens (tertiary/aromatic N) is 3. The van der Waals surface area contributed by atoms with Crippen molar-refractivity contribution in [2.75, 3.05) is 6.54 Å². The van der Waals surface area contributed by atoms with Crippen molar-refractivity contribution in [3.63, 3.8) is 0 Å². The maximum absolute atomic E-state index is 13.9. The number of hydrogen-bond donors (Lipinski definition) is 0. The standard InChI is InChI=1S/C25H28Cl2FN3O/c1-16(2)11-12-30(25(32)20-9-7-17(26)13-21(20)27)15-24-29-22-14-18(28)8-10-23(22)31(24)19-5-3-4-6-19/h7-10,13-14,16,19H,3-6,11-12,15H2,1-2H3. The lowest BCUT2D eigenvalue weighted by atomic mass is 10.1. The molecule has 1 aliphatic rings. The molecule has 2 aromatic carbocycles. The highest BCUT2D eigenvalue weighted by atomic mass is 35.5. The summed E-state index contributed by atoms with van der Waals surface area (Å²) in [6, 6.07) is 10.0. The number of halogens is 3. The number of imidazole rings is 1. The summed E-state index contributed by atoms with van der Waals surface area (Å²) >= 11 is 12.4. The van der Waals surface area contributed by atoms with Gasteiger partial charge < -0.3 is 9.47 Å². The molecule has 170 valence electrons. The monoisotopic (exact) mass is 475 g/mol. The topological polar surface area (TPSA) is 38.1 Å². The van der Waals surface area contributed by atoms with Crippen molar-refractivity contribution in [1.82, 2.24) is 14.5 Å². The van der Waals surface area contributed by atoms with Crippen LogP contribution in [0.1, 0.15) is 68.2 Å². The number of hydrogen-bond acceptors (Lipinski definition) is 2. The molecule has 3 aromatic rings. The molecular formula is C25H28Cl2FN3O. The maximum Gasteiger partial charge on any atom is 0.255 e. The molecule has 0 unspecified atom stereocenters. The highest BCUT2D eigenvalue weighted by Crippen LogP contribution is 2.34. The molecule has 1 saturated carbocycles. The number of rotatable bonds is 7. The lowest BCUT2D eigenvalue weighted by Crippen LogP contribution is -2.33. The summed E-state index contributed by atoms with van der Waals surface area (Å²) < 4.78 is 16.1. The zero-order chi connectivity index (χ0) is 22.8. The van der Waals surface area contributed by atoms with Crippen molar-refractivity contribution in [2.24, 2.45) is 5.92 Å². The lowest BCUT2D eigenvalue weighted by Gasteiger charge is -2.25. The Morgan fingerprint density at radius 2 is 1.94 bits per heavy atom. The average molecular weight is 476 g/mol. The average Bonchev–Trinajstić information content (AvgIpc) is 3.37. The van der Waals surface area contributed by atoms with Gasteiger partial charge in [0.25, 0.3) is 5.91 Å². The van der Waals surface area contributed by atoms with Crippen LogP contribution in [0.4, 0.5) is 4.39 Å². The first-order chi connectivity index (χ1) is 15.3. The molecule has 1 amide bonds. The number of aromatic nitrogens is 2. The first-order valence-electron chi connectivity index (χ1n) is 11.2. The molecule has 4 nitrogen and oxygen atoms in total. The SMILES string of the molecule is CC(C)CCN(Cc1nc2cc(F)ccc2n1C1CCCC1)C(=O)c1ccc(Cl)cc1Cl. The smallest absolute Gasteiger partial charge is 0.255 e. The van der Waals surface area contributed by atoms with Crippen LogP contribution in [0.2, 0.25) is 10.0 Å². The highest BCUT2D eigenvalue weighted by Gasteiger charge is 2.26. The Morgan fingerprint density at radius 3 is 2.62 bits per heavy atom. The van der Waals surface area contributed by atoms with Crippen LogP contribution in [0.3, 0.4) is 0 Å². The van der Waals surface area contributed by atoms with Crippen LogP contribution in [-0.2, 0) is 6.54 Å². The largest absolute Gasteiger partial charge is 0.331 e. The van der Waals surface area contributed by atoms with Gasteiger partial charge in [-0.15, -0.1) is 0 Å². The van der Waals surface area contributed by atoms with E-state index in [1.807, 2.05) is 0 Å². The molecule has 0 saturated heterocycles. The van der Waals surface area contributed by atoms with E-state index in [1.165, 1.54) is 25.0 Å². The molecule has 0 radical (unpaired) electrons. The second-order valence-corrected chi connectivity index (χ2v) is 9.85.